The lowest BCUT2D eigenvalue weighted by Gasteiger charge is -2.10. The highest BCUT2D eigenvalue weighted by Gasteiger charge is 2.28. The Kier molecular flexibility index (Phi) is 4.43. The number of carbonyl (C=O) groups excluding carboxylic acids is 1. The summed E-state index contributed by atoms with van der Waals surface area (Å²) in [5.41, 5.74) is 6.78. The van der Waals surface area contributed by atoms with E-state index in [4.69, 9.17) is 10.3 Å². The molecule has 2 aromatic rings. The van der Waals surface area contributed by atoms with Crippen molar-refractivity contribution in [2.75, 3.05) is 6.54 Å². The second-order valence-corrected chi connectivity index (χ2v) is 5.55. The SMILES string of the molecule is NC(CNC(=O)CCc1nc(-c2ccncc2)no1)C1CC1. The van der Waals surface area contributed by atoms with Crippen molar-refractivity contribution in [1.82, 2.24) is 20.4 Å². The summed E-state index contributed by atoms with van der Waals surface area (Å²) in [5.74, 6) is 1.50. The van der Waals surface area contributed by atoms with E-state index in [0.29, 0.717) is 37.0 Å². The second-order valence-electron chi connectivity index (χ2n) is 5.55. The molecular weight excluding hydrogens is 282 g/mol. The van der Waals surface area contributed by atoms with Crippen molar-refractivity contribution in [2.24, 2.45) is 11.7 Å². The van der Waals surface area contributed by atoms with Gasteiger partial charge < -0.3 is 15.6 Å². The summed E-state index contributed by atoms with van der Waals surface area (Å²) < 4.78 is 5.16. The predicted octanol–water partition coefficient (Wildman–Crippen LogP) is 0.918. The summed E-state index contributed by atoms with van der Waals surface area (Å²) in [6.07, 6.45) is 6.43. The first-order valence-corrected chi connectivity index (χ1v) is 7.47. The van der Waals surface area contributed by atoms with Gasteiger partial charge >= 0.3 is 0 Å². The van der Waals surface area contributed by atoms with Crippen LogP contribution in [0.3, 0.4) is 0 Å². The van der Waals surface area contributed by atoms with Gasteiger partial charge in [-0.15, -0.1) is 0 Å². The molecule has 3 rings (SSSR count). The summed E-state index contributed by atoms with van der Waals surface area (Å²) in [4.78, 5) is 20.0. The van der Waals surface area contributed by atoms with Gasteiger partial charge in [0.15, 0.2) is 0 Å². The Labute approximate surface area is 128 Å². The van der Waals surface area contributed by atoms with E-state index in [1.165, 1.54) is 12.8 Å². The topological polar surface area (TPSA) is 107 Å². The maximum absolute atomic E-state index is 11.8. The summed E-state index contributed by atoms with van der Waals surface area (Å²) in [6, 6.07) is 3.69. The number of nitrogens with zero attached hydrogens (tertiary/aromatic N) is 3. The van der Waals surface area contributed by atoms with E-state index in [1.54, 1.807) is 24.5 Å². The highest BCUT2D eigenvalue weighted by atomic mass is 16.5. The Morgan fingerprint density at radius 3 is 2.91 bits per heavy atom. The average molecular weight is 301 g/mol. The first-order chi connectivity index (χ1) is 10.7. The zero-order chi connectivity index (χ0) is 15.4. The molecule has 3 N–H and O–H groups in total. The normalized spacial score (nSPS) is 15.5. The van der Waals surface area contributed by atoms with Crippen molar-refractivity contribution in [3.8, 4) is 11.4 Å². The molecule has 0 saturated heterocycles. The molecule has 7 nitrogen and oxygen atoms in total. The molecule has 1 atom stereocenters. The molecule has 7 heteroatoms. The monoisotopic (exact) mass is 301 g/mol. The van der Waals surface area contributed by atoms with Gasteiger partial charge in [-0.2, -0.15) is 4.98 Å². The number of pyridine rings is 1. The van der Waals surface area contributed by atoms with Crippen LogP contribution >= 0.6 is 0 Å². The number of aryl methyl sites for hydroxylation is 1. The van der Waals surface area contributed by atoms with Crippen molar-refractivity contribution in [3.05, 3.63) is 30.4 Å². The van der Waals surface area contributed by atoms with Crippen LogP contribution in [0.5, 0.6) is 0 Å². The molecule has 0 bridgehead atoms. The maximum atomic E-state index is 11.8. The van der Waals surface area contributed by atoms with Crippen molar-refractivity contribution in [1.29, 1.82) is 0 Å². The molecule has 2 aromatic heterocycles. The molecular formula is C15H19N5O2. The van der Waals surface area contributed by atoms with Crippen LogP contribution in [0.25, 0.3) is 11.4 Å². The lowest BCUT2D eigenvalue weighted by Crippen LogP contribution is -2.38. The third-order valence-corrected chi connectivity index (χ3v) is 3.73. The van der Waals surface area contributed by atoms with Crippen LogP contribution in [-0.4, -0.2) is 33.6 Å². The van der Waals surface area contributed by atoms with Crippen LogP contribution in [0, 0.1) is 5.92 Å². The smallest absolute Gasteiger partial charge is 0.227 e. The van der Waals surface area contributed by atoms with Gasteiger partial charge in [-0.1, -0.05) is 5.16 Å². The highest BCUT2D eigenvalue weighted by Crippen LogP contribution is 2.31. The maximum Gasteiger partial charge on any atom is 0.227 e. The third kappa shape index (κ3) is 3.88. The Morgan fingerprint density at radius 2 is 2.18 bits per heavy atom. The van der Waals surface area contributed by atoms with Crippen LogP contribution in [0.4, 0.5) is 0 Å². The Balaban J connectivity index is 1.45. The van der Waals surface area contributed by atoms with E-state index < -0.39 is 0 Å². The minimum absolute atomic E-state index is 0.0419. The number of rotatable bonds is 7. The van der Waals surface area contributed by atoms with Gasteiger partial charge in [-0.25, -0.2) is 0 Å². The van der Waals surface area contributed by atoms with Crippen molar-refractivity contribution in [3.63, 3.8) is 0 Å². The van der Waals surface area contributed by atoms with E-state index in [2.05, 4.69) is 20.4 Å². The van der Waals surface area contributed by atoms with E-state index in [1.807, 2.05) is 0 Å². The van der Waals surface area contributed by atoms with E-state index in [9.17, 15) is 4.79 Å². The number of nitrogens with two attached hydrogens (primary N) is 1. The molecule has 1 amide bonds. The zero-order valence-electron chi connectivity index (χ0n) is 12.2. The first-order valence-electron chi connectivity index (χ1n) is 7.47. The standard InChI is InChI=1S/C15H19N5O2/c16-12(10-1-2-10)9-18-13(21)3-4-14-19-15(20-22-14)11-5-7-17-8-6-11/h5-8,10,12H,1-4,9,16H2,(H,18,21). The van der Waals surface area contributed by atoms with Crippen molar-refractivity contribution < 1.29 is 9.32 Å². The number of carbonyl (C=O) groups is 1. The number of nitrogens with one attached hydrogen (secondary N) is 1. The number of hydrogen-bond acceptors (Lipinski definition) is 6. The molecule has 0 radical (unpaired) electrons. The lowest BCUT2D eigenvalue weighted by atomic mass is 10.2. The minimum atomic E-state index is -0.0419. The fraction of sp³-hybridized carbons (Fsp3) is 0.467. The summed E-state index contributed by atoms with van der Waals surface area (Å²) >= 11 is 0. The van der Waals surface area contributed by atoms with Crippen LogP contribution in [0.2, 0.25) is 0 Å². The second kappa shape index (κ2) is 6.65. The summed E-state index contributed by atoms with van der Waals surface area (Å²) in [5, 5.41) is 6.75. The fourth-order valence-electron chi connectivity index (χ4n) is 2.21. The molecule has 1 aliphatic rings. The summed E-state index contributed by atoms with van der Waals surface area (Å²) in [7, 11) is 0. The van der Waals surface area contributed by atoms with E-state index in [-0.39, 0.29) is 11.9 Å². The molecule has 0 aliphatic heterocycles. The average Bonchev–Trinajstić information content (AvgIpc) is 3.30. The quantitative estimate of drug-likeness (QED) is 0.787. The number of amides is 1. The third-order valence-electron chi connectivity index (χ3n) is 3.73. The number of aromatic nitrogens is 3. The molecule has 1 saturated carbocycles. The van der Waals surface area contributed by atoms with Crippen molar-refractivity contribution in [2.45, 2.75) is 31.7 Å². The molecule has 1 fully saturated rings. The molecule has 2 heterocycles. The molecule has 0 spiro atoms. The largest absolute Gasteiger partial charge is 0.355 e. The van der Waals surface area contributed by atoms with Crippen LogP contribution in [-0.2, 0) is 11.2 Å². The van der Waals surface area contributed by atoms with Gasteiger partial charge in [-0.3, -0.25) is 9.78 Å². The summed E-state index contributed by atoms with van der Waals surface area (Å²) in [6.45, 7) is 0.537. The Hall–Kier alpha value is -2.28. The Morgan fingerprint density at radius 1 is 1.41 bits per heavy atom. The van der Waals surface area contributed by atoms with Crippen LogP contribution < -0.4 is 11.1 Å². The number of hydrogen-bond donors (Lipinski definition) is 2. The van der Waals surface area contributed by atoms with Gasteiger partial charge in [0, 0.05) is 43.4 Å². The first kappa shape index (κ1) is 14.6. The minimum Gasteiger partial charge on any atom is -0.355 e. The van der Waals surface area contributed by atoms with Gasteiger partial charge in [0.2, 0.25) is 17.6 Å². The molecule has 1 aliphatic carbocycles. The highest BCUT2D eigenvalue weighted by molar-refractivity contribution is 5.76. The molecule has 22 heavy (non-hydrogen) atoms. The zero-order valence-corrected chi connectivity index (χ0v) is 12.2. The molecule has 116 valence electrons. The lowest BCUT2D eigenvalue weighted by molar-refractivity contribution is -0.121. The van der Waals surface area contributed by atoms with Gasteiger partial charge in [0.25, 0.3) is 0 Å². The van der Waals surface area contributed by atoms with Crippen molar-refractivity contribution >= 4 is 5.91 Å². The Bertz CT molecular complexity index is 624. The molecule has 0 aromatic carbocycles. The molecule has 1 unspecified atom stereocenters. The van der Waals surface area contributed by atoms with Crippen LogP contribution in [0.15, 0.2) is 29.0 Å². The van der Waals surface area contributed by atoms with E-state index in [0.717, 1.165) is 5.56 Å². The van der Waals surface area contributed by atoms with E-state index >= 15 is 0 Å². The van der Waals surface area contributed by atoms with Gasteiger partial charge in [0.1, 0.15) is 0 Å². The van der Waals surface area contributed by atoms with Crippen LogP contribution in [0.1, 0.15) is 25.2 Å². The predicted molar refractivity (Wildman–Crippen MR) is 79.6 cm³/mol. The van der Waals surface area contributed by atoms with Gasteiger partial charge in [0.05, 0.1) is 0 Å². The van der Waals surface area contributed by atoms with Gasteiger partial charge in [-0.05, 0) is 30.9 Å². The fourth-order valence-corrected chi connectivity index (χ4v) is 2.21.